The average molecular weight is 468 g/mol. The third kappa shape index (κ3) is 5.64. The monoisotopic (exact) mass is 467 g/mol. The minimum Gasteiger partial charge on any atom is -0.330 e. The van der Waals surface area contributed by atoms with Crippen molar-refractivity contribution >= 4 is 23.3 Å². The van der Waals surface area contributed by atoms with E-state index in [1.807, 2.05) is 20.8 Å². The van der Waals surface area contributed by atoms with Crippen LogP contribution in [0.3, 0.4) is 0 Å². The van der Waals surface area contributed by atoms with Crippen LogP contribution in [0, 0.1) is 15.9 Å². The number of nitro groups is 1. The van der Waals surface area contributed by atoms with Crippen molar-refractivity contribution in [3.05, 3.63) is 81.8 Å². The Kier molecular flexibility index (Phi) is 7.09. The van der Waals surface area contributed by atoms with Gasteiger partial charge in [-0.15, -0.1) is 0 Å². The van der Waals surface area contributed by atoms with Crippen LogP contribution in [0.2, 0.25) is 0 Å². The molecule has 0 saturated heterocycles. The minimum atomic E-state index is -0.580. The number of carbonyl (C=O) groups excluding carboxylic acids is 2. The Balaban J connectivity index is 1.83. The number of halogens is 1. The number of non-ortho nitro benzene ring substituents is 1. The fourth-order valence-corrected chi connectivity index (χ4v) is 3.23. The summed E-state index contributed by atoms with van der Waals surface area (Å²) in [5.74, 6) is -0.982. The number of hydrogen-bond donors (Lipinski definition) is 1. The molecule has 2 amide bonds. The molecule has 178 valence electrons. The van der Waals surface area contributed by atoms with E-state index in [4.69, 9.17) is 0 Å². The Labute approximate surface area is 196 Å². The first kappa shape index (κ1) is 24.6. The second kappa shape index (κ2) is 9.82. The van der Waals surface area contributed by atoms with E-state index in [0.717, 1.165) is 0 Å². The van der Waals surface area contributed by atoms with E-state index in [9.17, 15) is 24.1 Å². The fourth-order valence-electron chi connectivity index (χ4n) is 3.23. The van der Waals surface area contributed by atoms with Gasteiger partial charge in [-0.3, -0.25) is 19.7 Å². The number of benzene rings is 2. The van der Waals surface area contributed by atoms with Gasteiger partial charge in [0, 0.05) is 35.7 Å². The first-order valence-electron chi connectivity index (χ1n) is 10.7. The number of nitrogens with zero attached hydrogens (tertiary/aromatic N) is 4. The Morgan fingerprint density at radius 2 is 1.82 bits per heavy atom. The van der Waals surface area contributed by atoms with Gasteiger partial charge in [-0.25, -0.2) is 9.07 Å². The molecule has 10 heteroatoms. The topological polar surface area (TPSA) is 110 Å². The van der Waals surface area contributed by atoms with Crippen molar-refractivity contribution in [1.29, 1.82) is 0 Å². The molecule has 1 N–H and O–H groups in total. The molecule has 3 aromatic rings. The highest BCUT2D eigenvalue weighted by atomic mass is 19.1. The third-order valence-electron chi connectivity index (χ3n) is 5.12. The van der Waals surface area contributed by atoms with Gasteiger partial charge in [-0.05, 0) is 37.3 Å². The highest BCUT2D eigenvalue weighted by Crippen LogP contribution is 2.26. The quantitative estimate of drug-likeness (QED) is 0.411. The van der Waals surface area contributed by atoms with E-state index >= 15 is 0 Å². The second-order valence-electron chi connectivity index (χ2n) is 8.73. The van der Waals surface area contributed by atoms with Gasteiger partial charge in [0.1, 0.15) is 18.2 Å². The SMILES string of the molecule is CCN(CC(=O)Nc1cc(C(C)(C)C)nn1-c1ccc(F)cc1)C(=O)c1cccc([N+](=O)[O-])c1. The Morgan fingerprint density at radius 3 is 2.41 bits per heavy atom. The lowest BCUT2D eigenvalue weighted by molar-refractivity contribution is -0.384. The molecule has 9 nitrogen and oxygen atoms in total. The van der Waals surface area contributed by atoms with Gasteiger partial charge in [0.15, 0.2) is 0 Å². The van der Waals surface area contributed by atoms with Gasteiger partial charge >= 0.3 is 0 Å². The third-order valence-corrected chi connectivity index (χ3v) is 5.12. The summed E-state index contributed by atoms with van der Waals surface area (Å²) in [5, 5.41) is 18.4. The molecule has 0 fully saturated rings. The smallest absolute Gasteiger partial charge is 0.270 e. The molecule has 2 aromatic carbocycles. The van der Waals surface area contributed by atoms with Crippen LogP contribution in [-0.2, 0) is 10.2 Å². The van der Waals surface area contributed by atoms with Crippen LogP contribution in [0.1, 0.15) is 43.7 Å². The molecule has 1 heterocycles. The number of nitrogens with one attached hydrogen (secondary N) is 1. The second-order valence-corrected chi connectivity index (χ2v) is 8.73. The lowest BCUT2D eigenvalue weighted by Gasteiger charge is -2.20. The number of aromatic nitrogens is 2. The highest BCUT2D eigenvalue weighted by Gasteiger charge is 2.23. The molecule has 0 saturated carbocycles. The zero-order valence-corrected chi connectivity index (χ0v) is 19.4. The molecule has 0 atom stereocenters. The highest BCUT2D eigenvalue weighted by molar-refractivity contribution is 5.99. The van der Waals surface area contributed by atoms with Crippen molar-refractivity contribution in [2.24, 2.45) is 0 Å². The van der Waals surface area contributed by atoms with Crippen LogP contribution in [0.4, 0.5) is 15.9 Å². The number of amides is 2. The Morgan fingerprint density at radius 1 is 1.15 bits per heavy atom. The predicted molar refractivity (Wildman–Crippen MR) is 126 cm³/mol. The van der Waals surface area contributed by atoms with E-state index in [2.05, 4.69) is 10.4 Å². The molecular formula is C24H26FN5O4. The standard InChI is InChI=1S/C24H26FN5O4/c1-5-28(23(32)16-7-6-8-19(13-16)30(33)34)15-22(31)26-21-14-20(24(2,3)4)27-29(21)18-11-9-17(25)10-12-18/h6-14H,5,15H2,1-4H3,(H,26,31). The summed E-state index contributed by atoms with van der Waals surface area (Å²) in [7, 11) is 0. The van der Waals surface area contributed by atoms with Crippen molar-refractivity contribution in [3.63, 3.8) is 0 Å². The summed E-state index contributed by atoms with van der Waals surface area (Å²) in [6.07, 6.45) is 0. The zero-order valence-electron chi connectivity index (χ0n) is 19.4. The Bertz CT molecular complexity index is 1210. The van der Waals surface area contributed by atoms with Gasteiger partial charge < -0.3 is 10.2 Å². The maximum atomic E-state index is 13.4. The van der Waals surface area contributed by atoms with Crippen LogP contribution in [0.5, 0.6) is 0 Å². The molecular weight excluding hydrogens is 441 g/mol. The van der Waals surface area contributed by atoms with E-state index in [1.54, 1.807) is 25.1 Å². The van der Waals surface area contributed by atoms with E-state index in [0.29, 0.717) is 17.2 Å². The van der Waals surface area contributed by atoms with Crippen LogP contribution in [-0.4, -0.2) is 44.5 Å². The van der Waals surface area contributed by atoms with Crippen LogP contribution in [0.15, 0.2) is 54.6 Å². The molecule has 0 aliphatic heterocycles. The molecule has 1 aromatic heterocycles. The van der Waals surface area contributed by atoms with Gasteiger partial charge in [-0.1, -0.05) is 26.8 Å². The lowest BCUT2D eigenvalue weighted by atomic mass is 9.92. The minimum absolute atomic E-state index is 0.121. The number of anilines is 1. The summed E-state index contributed by atoms with van der Waals surface area (Å²) < 4.78 is 14.9. The molecule has 34 heavy (non-hydrogen) atoms. The number of hydrogen-bond acceptors (Lipinski definition) is 5. The summed E-state index contributed by atoms with van der Waals surface area (Å²) in [6.45, 7) is 7.60. The maximum absolute atomic E-state index is 13.4. The molecule has 3 rings (SSSR count). The van der Waals surface area contributed by atoms with E-state index < -0.39 is 22.6 Å². The summed E-state index contributed by atoms with van der Waals surface area (Å²) in [5.41, 5.74) is 0.886. The molecule has 0 unspecified atom stereocenters. The van der Waals surface area contributed by atoms with Gasteiger partial charge in [0.25, 0.3) is 11.6 Å². The summed E-state index contributed by atoms with van der Waals surface area (Å²) in [4.78, 5) is 37.5. The molecule has 0 spiro atoms. The normalized spacial score (nSPS) is 11.2. The van der Waals surface area contributed by atoms with Gasteiger partial charge in [0.05, 0.1) is 16.3 Å². The van der Waals surface area contributed by atoms with Crippen molar-refractivity contribution in [2.75, 3.05) is 18.4 Å². The number of likely N-dealkylation sites (N-methyl/N-ethyl adjacent to an activating group) is 1. The number of carbonyl (C=O) groups is 2. The lowest BCUT2D eigenvalue weighted by Crippen LogP contribution is -2.38. The van der Waals surface area contributed by atoms with Gasteiger partial charge in [-0.2, -0.15) is 5.10 Å². The zero-order chi connectivity index (χ0) is 25.0. The van der Waals surface area contributed by atoms with Crippen LogP contribution < -0.4 is 5.32 Å². The predicted octanol–water partition coefficient (Wildman–Crippen LogP) is 4.32. The molecule has 0 radical (unpaired) electrons. The van der Waals surface area contributed by atoms with Gasteiger partial charge in [0.2, 0.25) is 5.91 Å². The van der Waals surface area contributed by atoms with Crippen LogP contribution in [0.25, 0.3) is 5.69 Å². The van der Waals surface area contributed by atoms with Crippen molar-refractivity contribution in [3.8, 4) is 5.69 Å². The Hall–Kier alpha value is -4.08. The summed E-state index contributed by atoms with van der Waals surface area (Å²) in [6, 6.07) is 12.8. The first-order valence-corrected chi connectivity index (χ1v) is 10.7. The largest absolute Gasteiger partial charge is 0.330 e. The van der Waals surface area contributed by atoms with Crippen molar-refractivity contribution in [1.82, 2.24) is 14.7 Å². The fraction of sp³-hybridized carbons (Fsp3) is 0.292. The maximum Gasteiger partial charge on any atom is 0.270 e. The molecule has 0 aliphatic rings. The number of nitro benzene ring substituents is 1. The van der Waals surface area contributed by atoms with E-state index in [-0.39, 0.29) is 29.8 Å². The molecule has 0 bridgehead atoms. The summed E-state index contributed by atoms with van der Waals surface area (Å²) >= 11 is 0. The molecule has 0 aliphatic carbocycles. The average Bonchev–Trinajstić information content (AvgIpc) is 3.21. The number of rotatable bonds is 7. The van der Waals surface area contributed by atoms with Crippen LogP contribution >= 0.6 is 0 Å². The van der Waals surface area contributed by atoms with Crippen molar-refractivity contribution < 1.29 is 18.9 Å². The van der Waals surface area contributed by atoms with Crippen molar-refractivity contribution in [2.45, 2.75) is 33.1 Å². The van der Waals surface area contributed by atoms with E-state index in [1.165, 1.54) is 46.0 Å². The first-order chi connectivity index (χ1) is 16.0.